The molecule has 0 unspecified atom stereocenters. The van der Waals surface area contributed by atoms with Gasteiger partial charge in [0, 0.05) is 18.0 Å². The lowest BCUT2D eigenvalue weighted by Crippen LogP contribution is -2.13. The molecule has 0 bridgehead atoms. The summed E-state index contributed by atoms with van der Waals surface area (Å²) in [6, 6.07) is 8.66. The van der Waals surface area contributed by atoms with Crippen LogP contribution in [-0.4, -0.2) is 18.4 Å². The summed E-state index contributed by atoms with van der Waals surface area (Å²) in [5.41, 5.74) is -0.670. The van der Waals surface area contributed by atoms with Gasteiger partial charge in [0.25, 0.3) is 16.4 Å². The van der Waals surface area contributed by atoms with Gasteiger partial charge in [-0.3, -0.25) is 9.71 Å². The summed E-state index contributed by atoms with van der Waals surface area (Å²) in [5, 5.41) is 8.72. The number of H-pyrrole nitrogens is 1. The van der Waals surface area contributed by atoms with Crippen molar-refractivity contribution in [3.05, 3.63) is 65.7 Å². The van der Waals surface area contributed by atoms with E-state index in [9.17, 15) is 21.6 Å². The zero-order valence-corrected chi connectivity index (χ0v) is 14.3. The first-order valence-corrected chi connectivity index (χ1v) is 8.94. The third-order valence-electron chi connectivity index (χ3n) is 3.64. The number of nitrogens with zero attached hydrogens (tertiary/aromatic N) is 2. The van der Waals surface area contributed by atoms with Gasteiger partial charge in [-0.15, -0.1) is 0 Å². The Labute approximate surface area is 152 Å². The van der Waals surface area contributed by atoms with Gasteiger partial charge in [0.05, 0.1) is 28.7 Å². The molecular formula is C17H11F3N4O2S. The molecule has 0 aliphatic carbocycles. The van der Waals surface area contributed by atoms with Crippen molar-refractivity contribution in [3.63, 3.8) is 0 Å². The number of nitriles is 1. The van der Waals surface area contributed by atoms with E-state index >= 15 is 0 Å². The molecule has 2 heterocycles. The maximum Gasteiger partial charge on any atom is 0.266 e. The summed E-state index contributed by atoms with van der Waals surface area (Å²) in [6.07, 6.45) is -0.396. The van der Waals surface area contributed by atoms with E-state index < -0.39 is 22.3 Å². The Hall–Kier alpha value is -3.32. The molecule has 2 aromatic heterocycles. The third kappa shape index (κ3) is 3.78. The third-order valence-corrected chi connectivity index (χ3v) is 4.98. The Bertz CT molecular complexity index is 1140. The van der Waals surface area contributed by atoms with Crippen molar-refractivity contribution in [2.75, 3.05) is 4.72 Å². The number of aromatic amines is 1. The molecule has 3 rings (SSSR count). The number of benzene rings is 1. The minimum absolute atomic E-state index is 0.0362. The lowest BCUT2D eigenvalue weighted by molar-refractivity contribution is 0.151. The minimum Gasteiger partial charge on any atom is -0.359 e. The molecule has 1 aromatic carbocycles. The van der Waals surface area contributed by atoms with E-state index in [-0.39, 0.29) is 33.1 Å². The molecule has 0 amide bonds. The Morgan fingerprint density at radius 3 is 2.67 bits per heavy atom. The molecule has 0 fully saturated rings. The second-order valence-corrected chi connectivity index (χ2v) is 7.09. The number of halogens is 3. The summed E-state index contributed by atoms with van der Waals surface area (Å²) in [4.78, 5) is 6.17. The average Bonchev–Trinajstić information content (AvgIpc) is 3.14. The van der Waals surface area contributed by atoms with Crippen molar-refractivity contribution >= 4 is 15.7 Å². The number of hydrogen-bond donors (Lipinski definition) is 2. The van der Waals surface area contributed by atoms with Crippen molar-refractivity contribution in [1.82, 2.24) is 9.97 Å². The first kappa shape index (κ1) is 18.5. The van der Waals surface area contributed by atoms with Crippen LogP contribution in [0.5, 0.6) is 0 Å². The van der Waals surface area contributed by atoms with Crippen molar-refractivity contribution in [3.8, 4) is 17.5 Å². The predicted molar refractivity (Wildman–Crippen MR) is 90.9 cm³/mol. The van der Waals surface area contributed by atoms with Crippen molar-refractivity contribution in [2.45, 2.75) is 11.3 Å². The Morgan fingerprint density at radius 1 is 1.22 bits per heavy atom. The van der Waals surface area contributed by atoms with Crippen LogP contribution in [0.1, 0.15) is 17.6 Å². The van der Waals surface area contributed by atoms with Crippen LogP contribution >= 0.6 is 0 Å². The first-order chi connectivity index (χ1) is 12.8. The standard InChI is InChI=1S/C17H11F3N4O2S/c18-13-6-10(8-21)3-4-14(13)24-27(25,26)11-7-15(23-9-11)16-12(17(19)20)2-1-5-22-16/h1-7,9,17,23-24H. The smallest absolute Gasteiger partial charge is 0.266 e. The van der Waals surface area contributed by atoms with Gasteiger partial charge in [-0.25, -0.2) is 21.6 Å². The van der Waals surface area contributed by atoms with E-state index in [0.29, 0.717) is 0 Å². The zero-order valence-electron chi connectivity index (χ0n) is 13.4. The number of alkyl halides is 2. The van der Waals surface area contributed by atoms with Gasteiger partial charge in [0.1, 0.15) is 10.7 Å². The molecule has 10 heteroatoms. The van der Waals surface area contributed by atoms with E-state index in [2.05, 4.69) is 14.7 Å². The fourth-order valence-corrected chi connectivity index (χ4v) is 3.42. The largest absolute Gasteiger partial charge is 0.359 e. The molecule has 0 atom stereocenters. The molecule has 27 heavy (non-hydrogen) atoms. The number of aromatic nitrogens is 2. The Kier molecular flexibility index (Phi) is 4.87. The molecular weight excluding hydrogens is 381 g/mol. The lowest BCUT2D eigenvalue weighted by atomic mass is 10.1. The fourth-order valence-electron chi connectivity index (χ4n) is 2.36. The zero-order chi connectivity index (χ0) is 19.6. The average molecular weight is 392 g/mol. The second kappa shape index (κ2) is 7.13. The van der Waals surface area contributed by atoms with Crippen LogP contribution in [0.25, 0.3) is 11.4 Å². The van der Waals surface area contributed by atoms with Crippen LogP contribution < -0.4 is 4.72 Å². The van der Waals surface area contributed by atoms with Gasteiger partial charge in [-0.05, 0) is 36.4 Å². The van der Waals surface area contributed by atoms with E-state index in [4.69, 9.17) is 5.26 Å². The Balaban J connectivity index is 1.93. The van der Waals surface area contributed by atoms with E-state index in [1.54, 1.807) is 6.07 Å². The summed E-state index contributed by atoms with van der Waals surface area (Å²) < 4.78 is 67.0. The molecule has 0 saturated carbocycles. The van der Waals surface area contributed by atoms with Gasteiger partial charge in [-0.2, -0.15) is 5.26 Å². The van der Waals surface area contributed by atoms with Crippen molar-refractivity contribution in [2.24, 2.45) is 0 Å². The molecule has 0 aliphatic rings. The minimum atomic E-state index is -4.20. The molecule has 3 aromatic rings. The van der Waals surface area contributed by atoms with Crippen LogP contribution in [0.3, 0.4) is 0 Å². The van der Waals surface area contributed by atoms with Crippen LogP contribution in [-0.2, 0) is 10.0 Å². The highest BCUT2D eigenvalue weighted by molar-refractivity contribution is 7.92. The summed E-state index contributed by atoms with van der Waals surface area (Å²) in [5.74, 6) is -0.918. The van der Waals surface area contributed by atoms with Crippen LogP contribution in [0.15, 0.2) is 53.7 Å². The summed E-state index contributed by atoms with van der Waals surface area (Å²) in [6.45, 7) is 0. The van der Waals surface area contributed by atoms with Crippen LogP contribution in [0.4, 0.5) is 18.9 Å². The molecule has 0 saturated heterocycles. The number of hydrogen-bond acceptors (Lipinski definition) is 4. The van der Waals surface area contributed by atoms with E-state index in [1.165, 1.54) is 24.4 Å². The van der Waals surface area contributed by atoms with Crippen LogP contribution in [0.2, 0.25) is 0 Å². The van der Waals surface area contributed by atoms with Crippen LogP contribution in [0, 0.1) is 17.1 Å². The number of anilines is 1. The van der Waals surface area contributed by atoms with Gasteiger partial charge in [0.15, 0.2) is 0 Å². The number of pyridine rings is 1. The lowest BCUT2D eigenvalue weighted by Gasteiger charge is -2.07. The van der Waals surface area contributed by atoms with Gasteiger partial charge >= 0.3 is 0 Å². The second-order valence-electron chi connectivity index (χ2n) is 5.40. The maximum absolute atomic E-state index is 13.9. The topological polar surface area (TPSA) is 98.6 Å². The SMILES string of the molecule is N#Cc1ccc(NS(=O)(=O)c2c[nH]c(-c3ncccc3C(F)F)c2)c(F)c1. The first-order valence-electron chi connectivity index (χ1n) is 7.46. The number of sulfonamides is 1. The van der Waals surface area contributed by atoms with Gasteiger partial charge in [-0.1, -0.05) is 0 Å². The highest BCUT2D eigenvalue weighted by atomic mass is 32.2. The molecule has 0 radical (unpaired) electrons. The number of nitrogens with one attached hydrogen (secondary N) is 2. The maximum atomic E-state index is 13.9. The normalized spacial score (nSPS) is 11.4. The number of rotatable bonds is 5. The quantitative estimate of drug-likeness (QED) is 0.689. The van der Waals surface area contributed by atoms with Gasteiger partial charge in [0.2, 0.25) is 0 Å². The highest BCUT2D eigenvalue weighted by Gasteiger charge is 2.21. The fraction of sp³-hybridized carbons (Fsp3) is 0.0588. The van der Waals surface area contributed by atoms with Gasteiger partial charge < -0.3 is 4.98 Å². The van der Waals surface area contributed by atoms with E-state index in [1.807, 2.05) is 0 Å². The summed E-state index contributed by atoms with van der Waals surface area (Å²) in [7, 11) is -4.20. The molecule has 0 spiro atoms. The predicted octanol–water partition coefficient (Wildman–Crippen LogP) is 3.83. The molecule has 0 aliphatic heterocycles. The van der Waals surface area contributed by atoms with Crippen molar-refractivity contribution in [1.29, 1.82) is 5.26 Å². The molecule has 2 N–H and O–H groups in total. The van der Waals surface area contributed by atoms with E-state index in [0.717, 1.165) is 24.4 Å². The van der Waals surface area contributed by atoms with Crippen molar-refractivity contribution < 1.29 is 21.6 Å². The monoisotopic (exact) mass is 392 g/mol. The molecule has 6 nitrogen and oxygen atoms in total. The highest BCUT2D eigenvalue weighted by Crippen LogP contribution is 2.30. The molecule has 138 valence electrons. The Morgan fingerprint density at radius 2 is 2.00 bits per heavy atom. The summed E-state index contributed by atoms with van der Waals surface area (Å²) >= 11 is 0.